The lowest BCUT2D eigenvalue weighted by molar-refractivity contribution is -0.124. The highest BCUT2D eigenvalue weighted by Crippen LogP contribution is 2.32. The third kappa shape index (κ3) is 6.81. The number of nitrogens with one attached hydrogen (secondary N) is 3. The van der Waals surface area contributed by atoms with E-state index in [4.69, 9.17) is 33.3 Å². The molecule has 0 aliphatic rings. The first-order chi connectivity index (χ1) is 14.9. The second-order valence-corrected chi connectivity index (χ2v) is 7.82. The largest absolute Gasteiger partial charge is 0.484 e. The number of thiocarbonyl (C=S) groups is 1. The van der Waals surface area contributed by atoms with Crippen LogP contribution >= 0.6 is 39.7 Å². The van der Waals surface area contributed by atoms with Gasteiger partial charge in [-0.3, -0.25) is 25.8 Å². The summed E-state index contributed by atoms with van der Waals surface area (Å²) in [5, 5.41) is 4.92. The molecule has 0 spiro atoms. The Hall–Kier alpha value is -2.88. The molecule has 0 heterocycles. The minimum absolute atomic E-state index is 0.0778. The maximum atomic E-state index is 12.1. The van der Waals surface area contributed by atoms with Gasteiger partial charge >= 0.3 is 0 Å². The van der Waals surface area contributed by atoms with E-state index in [0.717, 1.165) is 15.2 Å². The number of carbonyl (C=O) groups is 2. The first-order valence-electron chi connectivity index (χ1n) is 8.99. The molecule has 0 aromatic heterocycles. The highest BCUT2D eigenvalue weighted by Gasteiger charge is 2.10. The van der Waals surface area contributed by atoms with Crippen LogP contribution in [0.25, 0.3) is 10.8 Å². The van der Waals surface area contributed by atoms with Crippen LogP contribution in [0.4, 0.5) is 0 Å². The van der Waals surface area contributed by atoms with Crippen LogP contribution in [0.1, 0.15) is 0 Å². The van der Waals surface area contributed by atoms with Gasteiger partial charge in [0.1, 0.15) is 11.5 Å². The number of rotatable bonds is 6. The highest BCUT2D eigenvalue weighted by molar-refractivity contribution is 9.10. The van der Waals surface area contributed by atoms with E-state index in [1.54, 1.807) is 30.3 Å². The standard InChI is InChI=1S/C21H17BrClN3O4S/c22-20-16-4-2-1-3-13(16)5-10-17(20)30-11-18(27)24-21(31)26-25-19(28)12-29-15-8-6-14(23)7-9-15/h1-10H,11-12H2,(H,25,28)(H2,24,26,27,31). The summed E-state index contributed by atoms with van der Waals surface area (Å²) in [5.41, 5.74) is 4.75. The fourth-order valence-electron chi connectivity index (χ4n) is 2.50. The van der Waals surface area contributed by atoms with Crippen LogP contribution in [-0.4, -0.2) is 30.1 Å². The molecule has 3 rings (SSSR count). The number of fused-ring (bicyclic) bond motifs is 1. The van der Waals surface area contributed by atoms with E-state index in [9.17, 15) is 9.59 Å². The number of ether oxygens (including phenoxy) is 2. The van der Waals surface area contributed by atoms with Crippen LogP contribution in [-0.2, 0) is 9.59 Å². The van der Waals surface area contributed by atoms with Gasteiger partial charge in [0, 0.05) is 5.02 Å². The molecule has 0 saturated heterocycles. The summed E-state index contributed by atoms with van der Waals surface area (Å²) >= 11 is 14.3. The van der Waals surface area contributed by atoms with Crippen molar-refractivity contribution in [1.82, 2.24) is 16.2 Å². The zero-order chi connectivity index (χ0) is 22.2. The van der Waals surface area contributed by atoms with Crippen molar-refractivity contribution in [2.24, 2.45) is 0 Å². The van der Waals surface area contributed by atoms with Crippen molar-refractivity contribution in [1.29, 1.82) is 0 Å². The summed E-state index contributed by atoms with van der Waals surface area (Å²) < 4.78 is 11.6. The van der Waals surface area contributed by atoms with E-state index in [1.165, 1.54) is 0 Å². The number of halogens is 2. The zero-order valence-electron chi connectivity index (χ0n) is 16.0. The summed E-state index contributed by atoms with van der Waals surface area (Å²) in [5.74, 6) is 0.0555. The Kier molecular flexibility index (Phi) is 8.05. The summed E-state index contributed by atoms with van der Waals surface area (Å²) in [6, 6.07) is 18.1. The van der Waals surface area contributed by atoms with Crippen LogP contribution in [0.15, 0.2) is 65.1 Å². The Morgan fingerprint density at radius 1 is 0.903 bits per heavy atom. The van der Waals surface area contributed by atoms with Crippen molar-refractivity contribution in [3.05, 3.63) is 70.2 Å². The molecule has 160 valence electrons. The van der Waals surface area contributed by atoms with Crippen LogP contribution in [0.3, 0.4) is 0 Å². The average molecular weight is 523 g/mol. The molecule has 2 amide bonds. The van der Waals surface area contributed by atoms with Crippen LogP contribution in [0.5, 0.6) is 11.5 Å². The van der Waals surface area contributed by atoms with E-state index in [1.807, 2.05) is 30.3 Å². The van der Waals surface area contributed by atoms with Gasteiger partial charge in [-0.15, -0.1) is 0 Å². The lowest BCUT2D eigenvalue weighted by Crippen LogP contribution is -2.50. The molecule has 3 aromatic carbocycles. The summed E-state index contributed by atoms with van der Waals surface area (Å²) in [6.45, 7) is -0.503. The highest BCUT2D eigenvalue weighted by atomic mass is 79.9. The maximum absolute atomic E-state index is 12.1. The monoisotopic (exact) mass is 521 g/mol. The molecule has 0 aliphatic carbocycles. The number of amides is 2. The molecule has 7 nitrogen and oxygen atoms in total. The number of hydrogen-bond acceptors (Lipinski definition) is 5. The lowest BCUT2D eigenvalue weighted by Gasteiger charge is -2.13. The van der Waals surface area contributed by atoms with Gasteiger partial charge < -0.3 is 9.47 Å². The topological polar surface area (TPSA) is 88.7 Å². The number of hydrazine groups is 1. The minimum atomic E-state index is -0.483. The summed E-state index contributed by atoms with van der Waals surface area (Å²) in [4.78, 5) is 23.9. The second kappa shape index (κ2) is 10.9. The molecule has 0 aliphatic heterocycles. The van der Waals surface area contributed by atoms with Gasteiger partial charge in [0.15, 0.2) is 18.3 Å². The van der Waals surface area contributed by atoms with Gasteiger partial charge in [-0.05, 0) is 69.3 Å². The molecule has 0 atom stereocenters. The smallest absolute Gasteiger partial charge is 0.276 e. The predicted molar refractivity (Wildman–Crippen MR) is 126 cm³/mol. The van der Waals surface area contributed by atoms with Crippen molar-refractivity contribution in [2.45, 2.75) is 0 Å². The summed E-state index contributed by atoms with van der Waals surface area (Å²) in [6.07, 6.45) is 0. The fraction of sp³-hybridized carbons (Fsp3) is 0.0952. The Balaban J connectivity index is 1.39. The Labute approximate surface area is 197 Å². The van der Waals surface area contributed by atoms with Gasteiger partial charge in [-0.2, -0.15) is 0 Å². The van der Waals surface area contributed by atoms with E-state index in [-0.39, 0.29) is 18.3 Å². The quantitative estimate of drug-likeness (QED) is 0.338. The zero-order valence-corrected chi connectivity index (χ0v) is 19.1. The molecule has 3 aromatic rings. The van der Waals surface area contributed by atoms with E-state index in [0.29, 0.717) is 16.5 Å². The van der Waals surface area contributed by atoms with Gasteiger partial charge in [-0.1, -0.05) is 41.9 Å². The van der Waals surface area contributed by atoms with Crippen molar-refractivity contribution in [2.75, 3.05) is 13.2 Å². The normalized spacial score (nSPS) is 10.3. The molecule has 0 fully saturated rings. The fourth-order valence-corrected chi connectivity index (χ4v) is 3.40. The van der Waals surface area contributed by atoms with E-state index < -0.39 is 11.8 Å². The van der Waals surface area contributed by atoms with Crippen molar-refractivity contribution in [3.8, 4) is 11.5 Å². The molecule has 0 unspecified atom stereocenters. The first-order valence-corrected chi connectivity index (χ1v) is 10.6. The molecule has 0 bridgehead atoms. The number of benzene rings is 3. The van der Waals surface area contributed by atoms with Gasteiger partial charge in [0.05, 0.1) is 4.47 Å². The third-order valence-corrected chi connectivity index (χ3v) is 5.21. The average Bonchev–Trinajstić information content (AvgIpc) is 2.77. The molecule has 31 heavy (non-hydrogen) atoms. The number of hydrogen-bond donors (Lipinski definition) is 3. The molecule has 3 N–H and O–H groups in total. The molecular weight excluding hydrogens is 506 g/mol. The van der Waals surface area contributed by atoms with Gasteiger partial charge in [-0.25, -0.2) is 0 Å². The van der Waals surface area contributed by atoms with Crippen LogP contribution in [0.2, 0.25) is 5.02 Å². The SMILES string of the molecule is O=C(COc1ccc(Cl)cc1)NNC(=S)NC(=O)COc1ccc2ccccc2c1Br. The van der Waals surface area contributed by atoms with Crippen LogP contribution < -0.4 is 25.6 Å². The van der Waals surface area contributed by atoms with Crippen molar-refractivity contribution in [3.63, 3.8) is 0 Å². The molecule has 0 radical (unpaired) electrons. The Morgan fingerprint density at radius 2 is 1.61 bits per heavy atom. The maximum Gasteiger partial charge on any atom is 0.276 e. The summed E-state index contributed by atoms with van der Waals surface area (Å²) in [7, 11) is 0. The lowest BCUT2D eigenvalue weighted by atomic mass is 10.1. The van der Waals surface area contributed by atoms with Crippen LogP contribution in [0, 0.1) is 0 Å². The van der Waals surface area contributed by atoms with Crippen molar-refractivity contribution < 1.29 is 19.1 Å². The van der Waals surface area contributed by atoms with Crippen molar-refractivity contribution >= 4 is 67.4 Å². The predicted octanol–water partition coefficient (Wildman–Crippen LogP) is 3.74. The Bertz CT molecular complexity index is 1110. The second-order valence-electron chi connectivity index (χ2n) is 6.18. The first kappa shape index (κ1) is 22.8. The van der Waals surface area contributed by atoms with E-state index in [2.05, 4.69) is 32.1 Å². The third-order valence-electron chi connectivity index (χ3n) is 3.94. The molecule has 0 saturated carbocycles. The molecule has 10 heteroatoms. The minimum Gasteiger partial charge on any atom is -0.484 e. The number of carbonyl (C=O) groups excluding carboxylic acids is 2. The Morgan fingerprint density at radius 3 is 2.39 bits per heavy atom. The molecular formula is C21H17BrClN3O4S. The van der Waals surface area contributed by atoms with Gasteiger partial charge in [0.2, 0.25) is 0 Å². The van der Waals surface area contributed by atoms with Gasteiger partial charge in [0.25, 0.3) is 11.8 Å². The van der Waals surface area contributed by atoms with E-state index >= 15 is 0 Å².